The van der Waals surface area contributed by atoms with Gasteiger partial charge in [0.2, 0.25) is 0 Å². The Morgan fingerprint density at radius 3 is 2.58 bits per heavy atom. The number of nitrogens with two attached hydrogens (primary N) is 1. The molecule has 0 aliphatic heterocycles. The molecule has 2 heteroatoms. The zero-order valence-corrected chi connectivity index (χ0v) is 7.81. The van der Waals surface area contributed by atoms with Crippen LogP contribution in [0, 0.1) is 0 Å². The van der Waals surface area contributed by atoms with Crippen LogP contribution in [-0.2, 0) is 5.41 Å². The molecule has 1 fully saturated rings. The van der Waals surface area contributed by atoms with Crippen molar-refractivity contribution >= 4 is 11.6 Å². The van der Waals surface area contributed by atoms with E-state index in [1.165, 1.54) is 5.56 Å². The molecule has 2 rings (SSSR count). The molecular formula is C10H12ClN. The predicted octanol–water partition coefficient (Wildman–Crippen LogP) is 2.33. The fourth-order valence-electron chi connectivity index (χ4n) is 1.63. The molecular weight excluding hydrogens is 170 g/mol. The van der Waals surface area contributed by atoms with E-state index < -0.39 is 0 Å². The molecule has 0 aromatic heterocycles. The fraction of sp³-hybridized carbons (Fsp3) is 0.400. The number of rotatable bonds is 1. The Morgan fingerprint density at radius 1 is 1.50 bits per heavy atom. The van der Waals surface area contributed by atoms with Crippen LogP contribution < -0.4 is 5.73 Å². The summed E-state index contributed by atoms with van der Waals surface area (Å²) in [6.45, 7) is 2.17. The first kappa shape index (κ1) is 8.09. The molecule has 1 aromatic carbocycles. The Morgan fingerprint density at radius 2 is 2.08 bits per heavy atom. The molecule has 0 amide bonds. The SMILES string of the molecule is C[C@]1(c2ccccc2Cl)C[C@H]1N. The second kappa shape index (κ2) is 2.48. The van der Waals surface area contributed by atoms with E-state index in [1.807, 2.05) is 18.2 Å². The van der Waals surface area contributed by atoms with Gasteiger partial charge in [-0.2, -0.15) is 0 Å². The van der Waals surface area contributed by atoms with Crippen LogP contribution >= 0.6 is 11.6 Å². The van der Waals surface area contributed by atoms with Crippen LogP contribution in [-0.4, -0.2) is 6.04 Å². The van der Waals surface area contributed by atoms with Gasteiger partial charge in [0.25, 0.3) is 0 Å². The third-order valence-corrected chi connectivity index (χ3v) is 3.12. The molecule has 12 heavy (non-hydrogen) atoms. The van der Waals surface area contributed by atoms with E-state index in [0.717, 1.165) is 11.4 Å². The predicted molar refractivity (Wildman–Crippen MR) is 51.4 cm³/mol. The highest BCUT2D eigenvalue weighted by Crippen LogP contribution is 2.48. The first-order valence-electron chi connectivity index (χ1n) is 4.15. The summed E-state index contributed by atoms with van der Waals surface area (Å²) in [5.41, 5.74) is 7.17. The van der Waals surface area contributed by atoms with Gasteiger partial charge in [-0.25, -0.2) is 0 Å². The van der Waals surface area contributed by atoms with Crippen LogP contribution in [0.4, 0.5) is 0 Å². The lowest BCUT2D eigenvalue weighted by Gasteiger charge is -2.11. The third kappa shape index (κ3) is 1.05. The average molecular weight is 182 g/mol. The first-order chi connectivity index (χ1) is 5.64. The minimum absolute atomic E-state index is 0.137. The van der Waals surface area contributed by atoms with Crippen LogP contribution in [0.1, 0.15) is 18.9 Å². The maximum Gasteiger partial charge on any atom is 0.0444 e. The van der Waals surface area contributed by atoms with E-state index in [4.69, 9.17) is 17.3 Å². The summed E-state index contributed by atoms with van der Waals surface area (Å²) in [6, 6.07) is 8.24. The molecule has 1 nitrogen and oxygen atoms in total. The van der Waals surface area contributed by atoms with Crippen molar-refractivity contribution in [2.45, 2.75) is 24.8 Å². The van der Waals surface area contributed by atoms with Gasteiger partial charge >= 0.3 is 0 Å². The Balaban J connectivity index is 2.41. The normalized spacial score (nSPS) is 33.4. The fourth-order valence-corrected chi connectivity index (χ4v) is 1.98. The number of halogens is 1. The minimum Gasteiger partial charge on any atom is -0.327 e. The van der Waals surface area contributed by atoms with Gasteiger partial charge in [0.15, 0.2) is 0 Å². The summed E-state index contributed by atoms with van der Waals surface area (Å²) in [6.07, 6.45) is 1.05. The van der Waals surface area contributed by atoms with Gasteiger partial charge in [-0.05, 0) is 18.1 Å². The lowest BCUT2D eigenvalue weighted by Crippen LogP contribution is -2.14. The van der Waals surface area contributed by atoms with E-state index in [0.29, 0.717) is 0 Å². The topological polar surface area (TPSA) is 26.0 Å². The van der Waals surface area contributed by atoms with Crippen molar-refractivity contribution in [2.24, 2.45) is 5.73 Å². The number of hydrogen-bond donors (Lipinski definition) is 1. The lowest BCUT2D eigenvalue weighted by atomic mass is 9.98. The zero-order valence-electron chi connectivity index (χ0n) is 7.05. The van der Waals surface area contributed by atoms with Crippen LogP contribution in [0.25, 0.3) is 0 Å². The summed E-state index contributed by atoms with van der Waals surface area (Å²) in [5.74, 6) is 0. The van der Waals surface area contributed by atoms with Crippen LogP contribution in [0.3, 0.4) is 0 Å². The largest absolute Gasteiger partial charge is 0.327 e. The maximum atomic E-state index is 6.06. The Hall–Kier alpha value is -0.530. The average Bonchev–Trinajstić information content (AvgIpc) is 2.61. The van der Waals surface area contributed by atoms with Gasteiger partial charge in [-0.15, -0.1) is 0 Å². The molecule has 0 saturated heterocycles. The summed E-state index contributed by atoms with van der Waals surface area (Å²) in [7, 11) is 0. The van der Waals surface area contributed by atoms with Crippen molar-refractivity contribution in [1.29, 1.82) is 0 Å². The molecule has 0 radical (unpaired) electrons. The van der Waals surface area contributed by atoms with Gasteiger partial charge < -0.3 is 5.73 Å². The summed E-state index contributed by atoms with van der Waals surface area (Å²) >= 11 is 6.06. The Bertz CT molecular complexity index is 310. The van der Waals surface area contributed by atoms with E-state index in [9.17, 15) is 0 Å². The minimum atomic E-state index is 0.137. The molecule has 0 spiro atoms. The second-order valence-electron chi connectivity index (χ2n) is 3.71. The van der Waals surface area contributed by atoms with Gasteiger partial charge in [-0.1, -0.05) is 36.7 Å². The van der Waals surface area contributed by atoms with Gasteiger partial charge in [0, 0.05) is 16.5 Å². The van der Waals surface area contributed by atoms with Gasteiger partial charge in [-0.3, -0.25) is 0 Å². The van der Waals surface area contributed by atoms with Crippen molar-refractivity contribution in [3.05, 3.63) is 34.9 Å². The smallest absolute Gasteiger partial charge is 0.0444 e. The lowest BCUT2D eigenvalue weighted by molar-refractivity contribution is 0.741. The molecule has 1 aliphatic rings. The molecule has 0 unspecified atom stereocenters. The van der Waals surface area contributed by atoms with Crippen molar-refractivity contribution in [1.82, 2.24) is 0 Å². The molecule has 64 valence electrons. The molecule has 1 aliphatic carbocycles. The Kier molecular flexibility index (Phi) is 1.67. The van der Waals surface area contributed by atoms with Gasteiger partial charge in [0.1, 0.15) is 0 Å². The first-order valence-corrected chi connectivity index (χ1v) is 4.53. The monoisotopic (exact) mass is 181 g/mol. The highest BCUT2D eigenvalue weighted by atomic mass is 35.5. The molecule has 0 bridgehead atoms. The maximum absolute atomic E-state index is 6.06. The van der Waals surface area contributed by atoms with Crippen molar-refractivity contribution in [3.63, 3.8) is 0 Å². The van der Waals surface area contributed by atoms with E-state index in [1.54, 1.807) is 0 Å². The highest BCUT2D eigenvalue weighted by Gasteiger charge is 2.49. The number of hydrogen-bond acceptors (Lipinski definition) is 1. The van der Waals surface area contributed by atoms with Crippen LogP contribution in [0.15, 0.2) is 24.3 Å². The second-order valence-corrected chi connectivity index (χ2v) is 4.12. The zero-order chi connectivity index (χ0) is 8.77. The van der Waals surface area contributed by atoms with Crippen molar-refractivity contribution in [3.8, 4) is 0 Å². The molecule has 2 N–H and O–H groups in total. The summed E-state index contributed by atoms with van der Waals surface area (Å²) in [5, 5.41) is 0.841. The van der Waals surface area contributed by atoms with Crippen LogP contribution in [0.5, 0.6) is 0 Å². The number of benzene rings is 1. The highest BCUT2D eigenvalue weighted by molar-refractivity contribution is 6.31. The van der Waals surface area contributed by atoms with Crippen molar-refractivity contribution in [2.75, 3.05) is 0 Å². The van der Waals surface area contributed by atoms with Gasteiger partial charge in [0.05, 0.1) is 0 Å². The van der Waals surface area contributed by atoms with Crippen molar-refractivity contribution < 1.29 is 0 Å². The van der Waals surface area contributed by atoms with E-state index >= 15 is 0 Å². The third-order valence-electron chi connectivity index (χ3n) is 2.79. The summed E-state index contributed by atoms with van der Waals surface area (Å²) in [4.78, 5) is 0. The Labute approximate surface area is 77.5 Å². The quantitative estimate of drug-likeness (QED) is 0.707. The standard InChI is InChI=1S/C10H12ClN/c1-10(6-9(10)12)7-4-2-3-5-8(7)11/h2-5,9H,6,12H2,1H3/t9-,10-/m1/s1. The van der Waals surface area contributed by atoms with Crippen LogP contribution in [0.2, 0.25) is 5.02 Å². The molecule has 0 heterocycles. The van der Waals surface area contributed by atoms with E-state index in [-0.39, 0.29) is 11.5 Å². The molecule has 1 saturated carbocycles. The molecule has 1 aromatic rings. The molecule has 2 atom stereocenters. The van der Waals surface area contributed by atoms with E-state index in [2.05, 4.69) is 13.0 Å². The summed E-state index contributed by atoms with van der Waals surface area (Å²) < 4.78 is 0.